The average molecular weight is 243 g/mol. The van der Waals surface area contributed by atoms with Crippen molar-refractivity contribution in [3.05, 3.63) is 59.2 Å². The summed E-state index contributed by atoms with van der Waals surface area (Å²) in [5.74, 6) is 0. The molecule has 1 heteroatoms. The van der Waals surface area contributed by atoms with Crippen LogP contribution in [0.5, 0.6) is 0 Å². The molecule has 0 aliphatic rings. The zero-order valence-electron chi connectivity index (χ0n) is 10.9. The molecule has 0 bridgehead atoms. The third kappa shape index (κ3) is 2.55. The van der Waals surface area contributed by atoms with Crippen molar-refractivity contribution >= 4 is 10.9 Å². The van der Waals surface area contributed by atoms with Gasteiger partial charge in [0.25, 0.3) is 0 Å². The highest BCUT2D eigenvalue weighted by Gasteiger charge is 2.23. The van der Waals surface area contributed by atoms with E-state index >= 15 is 0 Å². The first-order chi connectivity index (χ1) is 8.09. The second-order valence-corrected chi connectivity index (χ2v) is 6.45. The summed E-state index contributed by atoms with van der Waals surface area (Å²) in [5, 5.41) is 0. The number of benzene rings is 2. The van der Waals surface area contributed by atoms with Crippen LogP contribution in [0.1, 0.15) is 16.7 Å². The molecule has 17 heavy (non-hydrogen) atoms. The number of rotatable bonds is 2. The minimum atomic E-state index is 0.172. The van der Waals surface area contributed by atoms with E-state index in [0.29, 0.717) is 0 Å². The predicted molar refractivity (Wildman–Crippen MR) is 76.9 cm³/mol. The van der Waals surface area contributed by atoms with Gasteiger partial charge < -0.3 is 0 Å². The van der Waals surface area contributed by atoms with Crippen molar-refractivity contribution in [2.45, 2.75) is 30.6 Å². The van der Waals surface area contributed by atoms with Crippen LogP contribution in [0.25, 0.3) is 0 Å². The van der Waals surface area contributed by atoms with Gasteiger partial charge >= 0.3 is 0 Å². The maximum absolute atomic E-state index is 2.32. The zero-order chi connectivity index (χ0) is 12.4. The fourth-order valence-electron chi connectivity index (χ4n) is 2.39. The van der Waals surface area contributed by atoms with Crippen molar-refractivity contribution in [1.82, 2.24) is 0 Å². The highest BCUT2D eigenvalue weighted by molar-refractivity contribution is 7.96. The molecule has 0 fully saturated rings. The molecular formula is C16H19S+. The van der Waals surface area contributed by atoms with Gasteiger partial charge in [0.2, 0.25) is 0 Å². The van der Waals surface area contributed by atoms with Crippen LogP contribution in [0.3, 0.4) is 0 Å². The van der Waals surface area contributed by atoms with E-state index in [0.717, 1.165) is 0 Å². The quantitative estimate of drug-likeness (QED) is 0.691. The summed E-state index contributed by atoms with van der Waals surface area (Å²) in [6.45, 7) is 6.61. The molecule has 2 rings (SSSR count). The van der Waals surface area contributed by atoms with Crippen molar-refractivity contribution in [3.63, 3.8) is 0 Å². The molecule has 0 saturated heterocycles. The normalized spacial score (nSPS) is 12.5. The van der Waals surface area contributed by atoms with E-state index in [4.69, 9.17) is 0 Å². The van der Waals surface area contributed by atoms with Gasteiger partial charge in [-0.05, 0) is 32.9 Å². The molecule has 0 N–H and O–H groups in total. The van der Waals surface area contributed by atoms with Crippen LogP contribution >= 0.6 is 0 Å². The molecule has 0 amide bonds. The molecule has 1 unspecified atom stereocenters. The molecule has 0 heterocycles. The molecule has 1 atom stereocenters. The summed E-state index contributed by atoms with van der Waals surface area (Å²) in [4.78, 5) is 2.92. The molecule has 0 radical (unpaired) electrons. The molecule has 0 aliphatic heterocycles. The van der Waals surface area contributed by atoms with Gasteiger partial charge in [0.1, 0.15) is 6.26 Å². The standard InChI is InChI=1S/C16H19S/c1-12-10-13(2)16(14(3)11-12)17(4)15-8-6-5-7-9-15/h5-11H,1-4H3/q+1. The topological polar surface area (TPSA) is 0 Å². The summed E-state index contributed by atoms with van der Waals surface area (Å²) in [5.41, 5.74) is 4.18. The van der Waals surface area contributed by atoms with Gasteiger partial charge in [0.15, 0.2) is 9.79 Å². The Morgan fingerprint density at radius 1 is 0.824 bits per heavy atom. The smallest absolute Gasteiger partial charge is 0.0619 e. The SMILES string of the molecule is Cc1cc(C)c([S+](C)c2ccccc2)c(C)c1. The van der Waals surface area contributed by atoms with Gasteiger partial charge in [-0.2, -0.15) is 0 Å². The molecule has 0 aromatic heterocycles. The van der Waals surface area contributed by atoms with Crippen molar-refractivity contribution < 1.29 is 0 Å². The van der Waals surface area contributed by atoms with Crippen molar-refractivity contribution in [3.8, 4) is 0 Å². The van der Waals surface area contributed by atoms with E-state index in [1.165, 1.54) is 26.5 Å². The number of hydrogen-bond donors (Lipinski definition) is 0. The number of hydrogen-bond acceptors (Lipinski definition) is 0. The maximum Gasteiger partial charge on any atom is 0.166 e. The Morgan fingerprint density at radius 2 is 1.35 bits per heavy atom. The highest BCUT2D eigenvalue weighted by atomic mass is 32.2. The summed E-state index contributed by atoms with van der Waals surface area (Å²) < 4.78 is 0. The van der Waals surface area contributed by atoms with Crippen LogP contribution in [0.2, 0.25) is 0 Å². The first-order valence-electron chi connectivity index (χ1n) is 5.88. The molecule has 88 valence electrons. The number of aryl methyl sites for hydroxylation is 3. The molecule has 0 spiro atoms. The molecule has 2 aromatic carbocycles. The molecule has 0 aliphatic carbocycles. The van der Waals surface area contributed by atoms with Gasteiger partial charge in [-0.25, -0.2) is 0 Å². The van der Waals surface area contributed by atoms with Crippen molar-refractivity contribution in [2.75, 3.05) is 6.26 Å². The average Bonchev–Trinajstić information content (AvgIpc) is 2.28. The molecule has 2 aromatic rings. The summed E-state index contributed by atoms with van der Waals surface area (Å²) >= 11 is 0. The highest BCUT2D eigenvalue weighted by Crippen LogP contribution is 2.28. The van der Waals surface area contributed by atoms with Crippen molar-refractivity contribution in [2.24, 2.45) is 0 Å². The second-order valence-electron chi connectivity index (χ2n) is 4.55. The van der Waals surface area contributed by atoms with Gasteiger partial charge in [-0.1, -0.05) is 35.9 Å². The zero-order valence-corrected chi connectivity index (χ0v) is 11.8. The van der Waals surface area contributed by atoms with Gasteiger partial charge in [0.05, 0.1) is 10.9 Å². The van der Waals surface area contributed by atoms with E-state index in [9.17, 15) is 0 Å². The predicted octanol–water partition coefficient (Wildman–Crippen LogP) is 4.28. The third-order valence-electron chi connectivity index (χ3n) is 3.01. The minimum absolute atomic E-state index is 0.172. The molecule has 0 saturated carbocycles. The Balaban J connectivity index is 2.48. The lowest BCUT2D eigenvalue weighted by molar-refractivity contribution is 1.18. The monoisotopic (exact) mass is 243 g/mol. The van der Waals surface area contributed by atoms with Crippen LogP contribution in [0.4, 0.5) is 0 Å². The van der Waals surface area contributed by atoms with Crippen LogP contribution in [-0.2, 0) is 10.9 Å². The third-order valence-corrected chi connectivity index (χ3v) is 5.24. The van der Waals surface area contributed by atoms with Gasteiger partial charge in [-0.3, -0.25) is 0 Å². The van der Waals surface area contributed by atoms with Crippen LogP contribution < -0.4 is 0 Å². The fourth-order valence-corrected chi connectivity index (χ4v) is 4.28. The van der Waals surface area contributed by atoms with E-state index < -0.39 is 0 Å². The van der Waals surface area contributed by atoms with E-state index in [2.05, 4.69) is 69.5 Å². The summed E-state index contributed by atoms with van der Waals surface area (Å²) in [7, 11) is 0.172. The first kappa shape index (κ1) is 12.3. The Morgan fingerprint density at radius 3 is 1.88 bits per heavy atom. The lowest BCUT2D eigenvalue weighted by Gasteiger charge is -2.09. The van der Waals surface area contributed by atoms with E-state index in [1.807, 2.05) is 0 Å². The molecule has 0 nitrogen and oxygen atoms in total. The Bertz CT molecular complexity index is 491. The second kappa shape index (κ2) is 4.97. The van der Waals surface area contributed by atoms with Gasteiger partial charge in [0, 0.05) is 11.1 Å². The van der Waals surface area contributed by atoms with Gasteiger partial charge in [-0.15, -0.1) is 0 Å². The van der Waals surface area contributed by atoms with Crippen molar-refractivity contribution in [1.29, 1.82) is 0 Å². The molecular weight excluding hydrogens is 224 g/mol. The Labute approximate surface area is 107 Å². The summed E-state index contributed by atoms with van der Waals surface area (Å²) in [6, 6.07) is 15.3. The summed E-state index contributed by atoms with van der Waals surface area (Å²) in [6.07, 6.45) is 2.32. The fraction of sp³-hybridized carbons (Fsp3) is 0.250. The van der Waals surface area contributed by atoms with E-state index in [-0.39, 0.29) is 10.9 Å². The van der Waals surface area contributed by atoms with Crippen LogP contribution in [0.15, 0.2) is 52.3 Å². The minimum Gasteiger partial charge on any atom is -0.0619 e. The van der Waals surface area contributed by atoms with Crippen LogP contribution in [-0.4, -0.2) is 6.26 Å². The Hall–Kier alpha value is -1.21. The lowest BCUT2D eigenvalue weighted by Crippen LogP contribution is -2.05. The van der Waals surface area contributed by atoms with E-state index in [1.54, 1.807) is 0 Å². The largest absolute Gasteiger partial charge is 0.166 e. The maximum atomic E-state index is 2.32. The Kier molecular flexibility index (Phi) is 3.58. The first-order valence-corrected chi connectivity index (χ1v) is 7.51. The van der Waals surface area contributed by atoms with Crippen LogP contribution in [0, 0.1) is 20.8 Å². The lowest BCUT2D eigenvalue weighted by atomic mass is 10.1.